The minimum Gasteiger partial charge on any atom is -0.497 e. The molecular formula is C15H14N2O3. The molecule has 1 aromatic carbocycles. The molecule has 0 fully saturated rings. The summed E-state index contributed by atoms with van der Waals surface area (Å²) in [4.78, 5) is 27.5. The molecule has 20 heavy (non-hydrogen) atoms. The highest BCUT2D eigenvalue weighted by atomic mass is 16.5. The highest BCUT2D eigenvalue weighted by Crippen LogP contribution is 2.11. The summed E-state index contributed by atoms with van der Waals surface area (Å²) < 4.78 is 5.02. The second-order valence-electron chi connectivity index (χ2n) is 4.07. The number of methoxy groups -OCH3 is 1. The molecule has 1 heterocycles. The Balaban J connectivity index is 1.93. The normalized spacial score (nSPS) is 9.85. The monoisotopic (exact) mass is 270 g/mol. The highest BCUT2D eigenvalue weighted by molar-refractivity contribution is 6.02. The van der Waals surface area contributed by atoms with Crippen LogP contribution in [-0.2, 0) is 0 Å². The molecule has 5 nitrogen and oxygen atoms in total. The lowest BCUT2D eigenvalue weighted by Gasteiger charge is -2.05. The van der Waals surface area contributed by atoms with Gasteiger partial charge in [-0.2, -0.15) is 0 Å². The molecule has 0 aliphatic carbocycles. The second-order valence-corrected chi connectivity index (χ2v) is 4.07. The quantitative estimate of drug-likeness (QED) is 0.840. The molecule has 0 bridgehead atoms. The second kappa shape index (κ2) is 6.47. The smallest absolute Gasteiger partial charge is 0.251 e. The Hall–Kier alpha value is -2.69. The molecule has 1 amide bonds. The zero-order valence-corrected chi connectivity index (χ0v) is 11.0. The van der Waals surface area contributed by atoms with Gasteiger partial charge in [0, 0.05) is 23.5 Å². The van der Waals surface area contributed by atoms with Crippen molar-refractivity contribution in [3.05, 3.63) is 59.9 Å². The number of ether oxygens (including phenoxy) is 1. The Morgan fingerprint density at radius 2 is 1.70 bits per heavy atom. The SMILES string of the molecule is COc1ccc(C(=O)CNC(=O)c2ccncc2)cc1. The van der Waals surface area contributed by atoms with Crippen molar-refractivity contribution in [2.24, 2.45) is 0 Å². The summed E-state index contributed by atoms with van der Waals surface area (Å²) in [7, 11) is 1.56. The van der Waals surface area contributed by atoms with Gasteiger partial charge >= 0.3 is 0 Å². The van der Waals surface area contributed by atoms with Gasteiger partial charge in [-0.1, -0.05) is 0 Å². The minimum absolute atomic E-state index is 0.0481. The molecule has 1 N–H and O–H groups in total. The van der Waals surface area contributed by atoms with Crippen molar-refractivity contribution < 1.29 is 14.3 Å². The Bertz CT molecular complexity index is 594. The van der Waals surface area contributed by atoms with E-state index >= 15 is 0 Å². The summed E-state index contributed by atoms with van der Waals surface area (Å²) in [6, 6.07) is 9.93. The molecule has 0 spiro atoms. The van der Waals surface area contributed by atoms with Crippen LogP contribution in [0.3, 0.4) is 0 Å². The fourth-order valence-electron chi connectivity index (χ4n) is 1.64. The van der Waals surface area contributed by atoms with Crippen molar-refractivity contribution >= 4 is 11.7 Å². The summed E-state index contributed by atoms with van der Waals surface area (Å²) in [5.41, 5.74) is 1.00. The van der Waals surface area contributed by atoms with Crippen LogP contribution in [0.15, 0.2) is 48.8 Å². The van der Waals surface area contributed by atoms with E-state index in [0.29, 0.717) is 16.9 Å². The third-order valence-corrected chi connectivity index (χ3v) is 2.76. The Morgan fingerprint density at radius 3 is 2.30 bits per heavy atom. The van der Waals surface area contributed by atoms with Gasteiger partial charge in [-0.25, -0.2) is 0 Å². The molecule has 2 aromatic rings. The maximum absolute atomic E-state index is 11.9. The molecule has 0 unspecified atom stereocenters. The van der Waals surface area contributed by atoms with E-state index in [1.54, 1.807) is 43.5 Å². The van der Waals surface area contributed by atoms with Gasteiger partial charge in [0.05, 0.1) is 13.7 Å². The van der Waals surface area contributed by atoms with Gasteiger partial charge in [0.25, 0.3) is 5.91 Å². The lowest BCUT2D eigenvalue weighted by molar-refractivity contribution is 0.0904. The fraction of sp³-hybridized carbons (Fsp3) is 0.133. The van der Waals surface area contributed by atoms with E-state index in [1.807, 2.05) is 0 Å². The number of ketones is 1. The number of benzene rings is 1. The summed E-state index contributed by atoms with van der Waals surface area (Å²) in [5, 5.41) is 2.58. The summed E-state index contributed by atoms with van der Waals surface area (Å²) in [6.45, 7) is -0.0481. The first kappa shape index (κ1) is 13.7. The van der Waals surface area contributed by atoms with Crippen LogP contribution in [0.2, 0.25) is 0 Å². The molecule has 1 aromatic heterocycles. The van der Waals surface area contributed by atoms with Crippen LogP contribution in [0, 0.1) is 0 Å². The standard InChI is InChI=1S/C15H14N2O3/c1-20-13-4-2-11(3-5-13)14(18)10-17-15(19)12-6-8-16-9-7-12/h2-9H,10H2,1H3,(H,17,19). The average Bonchev–Trinajstić information content (AvgIpc) is 2.53. The maximum Gasteiger partial charge on any atom is 0.251 e. The van der Waals surface area contributed by atoms with E-state index in [0.717, 1.165) is 0 Å². The molecule has 0 saturated carbocycles. The van der Waals surface area contributed by atoms with Gasteiger partial charge in [0.2, 0.25) is 0 Å². The molecule has 2 rings (SSSR count). The van der Waals surface area contributed by atoms with Crippen molar-refractivity contribution in [3.63, 3.8) is 0 Å². The van der Waals surface area contributed by atoms with Gasteiger partial charge in [0.15, 0.2) is 5.78 Å². The summed E-state index contributed by atoms with van der Waals surface area (Å²) >= 11 is 0. The number of amides is 1. The largest absolute Gasteiger partial charge is 0.497 e. The van der Waals surface area contributed by atoms with E-state index in [-0.39, 0.29) is 18.2 Å². The predicted molar refractivity (Wildman–Crippen MR) is 73.9 cm³/mol. The topological polar surface area (TPSA) is 68.3 Å². The minimum atomic E-state index is -0.297. The number of Topliss-reactive ketones (excluding diaryl/α,β-unsaturated/α-hetero) is 1. The maximum atomic E-state index is 11.9. The van der Waals surface area contributed by atoms with Crippen molar-refractivity contribution in [2.45, 2.75) is 0 Å². The highest BCUT2D eigenvalue weighted by Gasteiger charge is 2.09. The molecule has 0 atom stereocenters. The third kappa shape index (κ3) is 3.41. The van der Waals surface area contributed by atoms with E-state index in [4.69, 9.17) is 4.74 Å². The number of nitrogens with zero attached hydrogens (tertiary/aromatic N) is 1. The fourth-order valence-corrected chi connectivity index (χ4v) is 1.64. The number of rotatable bonds is 5. The van der Waals surface area contributed by atoms with Gasteiger partial charge in [-0.05, 0) is 36.4 Å². The Kier molecular flexibility index (Phi) is 4.44. The molecule has 102 valence electrons. The van der Waals surface area contributed by atoms with Crippen molar-refractivity contribution in [3.8, 4) is 5.75 Å². The van der Waals surface area contributed by atoms with Gasteiger partial charge in [-0.15, -0.1) is 0 Å². The number of carbonyl (C=O) groups excluding carboxylic acids is 2. The molecule has 0 radical (unpaired) electrons. The van der Waals surface area contributed by atoms with Crippen LogP contribution >= 0.6 is 0 Å². The van der Waals surface area contributed by atoms with E-state index in [1.165, 1.54) is 12.4 Å². The van der Waals surface area contributed by atoms with Gasteiger partial charge in [0.1, 0.15) is 5.75 Å². The number of pyridine rings is 1. The number of hydrogen-bond donors (Lipinski definition) is 1. The molecular weight excluding hydrogens is 256 g/mol. The average molecular weight is 270 g/mol. The van der Waals surface area contributed by atoms with Gasteiger partial charge < -0.3 is 10.1 Å². The zero-order valence-electron chi connectivity index (χ0n) is 11.0. The first-order valence-corrected chi connectivity index (χ1v) is 6.06. The number of carbonyl (C=O) groups is 2. The number of nitrogens with one attached hydrogen (secondary N) is 1. The van der Waals surface area contributed by atoms with Crippen LogP contribution in [0.1, 0.15) is 20.7 Å². The third-order valence-electron chi connectivity index (χ3n) is 2.76. The predicted octanol–water partition coefficient (Wildman–Crippen LogP) is 1.70. The number of aromatic nitrogens is 1. The Morgan fingerprint density at radius 1 is 1.05 bits per heavy atom. The van der Waals surface area contributed by atoms with E-state index in [9.17, 15) is 9.59 Å². The van der Waals surface area contributed by atoms with Crippen LogP contribution in [-0.4, -0.2) is 30.3 Å². The van der Waals surface area contributed by atoms with Crippen LogP contribution in [0.4, 0.5) is 0 Å². The zero-order chi connectivity index (χ0) is 14.4. The van der Waals surface area contributed by atoms with E-state index < -0.39 is 0 Å². The van der Waals surface area contributed by atoms with Crippen LogP contribution < -0.4 is 10.1 Å². The van der Waals surface area contributed by atoms with Crippen molar-refractivity contribution in [1.29, 1.82) is 0 Å². The van der Waals surface area contributed by atoms with Crippen LogP contribution in [0.5, 0.6) is 5.75 Å². The summed E-state index contributed by atoms with van der Waals surface area (Å²) in [5.74, 6) is 0.228. The number of hydrogen-bond acceptors (Lipinski definition) is 4. The van der Waals surface area contributed by atoms with E-state index in [2.05, 4.69) is 10.3 Å². The first-order valence-electron chi connectivity index (χ1n) is 6.06. The lowest BCUT2D eigenvalue weighted by Crippen LogP contribution is -2.29. The molecule has 0 aliphatic heterocycles. The van der Waals surface area contributed by atoms with Crippen molar-refractivity contribution in [2.75, 3.05) is 13.7 Å². The van der Waals surface area contributed by atoms with Gasteiger partial charge in [-0.3, -0.25) is 14.6 Å². The molecule has 0 aliphatic rings. The van der Waals surface area contributed by atoms with Crippen LogP contribution in [0.25, 0.3) is 0 Å². The summed E-state index contributed by atoms with van der Waals surface area (Å²) in [6.07, 6.45) is 3.06. The van der Waals surface area contributed by atoms with Crippen molar-refractivity contribution in [1.82, 2.24) is 10.3 Å². The molecule has 0 saturated heterocycles. The Labute approximate surface area is 116 Å². The lowest BCUT2D eigenvalue weighted by atomic mass is 10.1. The molecule has 5 heteroatoms. The first-order chi connectivity index (χ1) is 9.70.